The summed E-state index contributed by atoms with van der Waals surface area (Å²) in [6.07, 6.45) is 0. The van der Waals surface area contributed by atoms with Gasteiger partial charge in [-0.05, 0) is 48.2 Å². The summed E-state index contributed by atoms with van der Waals surface area (Å²) >= 11 is 0. The predicted octanol–water partition coefficient (Wildman–Crippen LogP) is 5.15. The van der Waals surface area contributed by atoms with E-state index in [1.165, 1.54) is 23.3 Å². The maximum absolute atomic E-state index is 12.7. The molecule has 2 nitrogen and oxygen atoms in total. The average Bonchev–Trinajstić information content (AvgIpc) is 2.47. The van der Waals surface area contributed by atoms with Crippen LogP contribution in [-0.4, -0.2) is 10.5 Å². The predicted molar refractivity (Wildman–Crippen MR) is 77.9 cm³/mol. The smallest absolute Gasteiger partial charge is 0.123 e. The Kier molecular flexibility index (Phi) is 8.42. The van der Waals surface area contributed by atoms with E-state index in [9.17, 15) is 4.39 Å². The molecule has 0 saturated carbocycles. The van der Waals surface area contributed by atoms with Crippen LogP contribution in [0.5, 0.6) is 0 Å². The van der Waals surface area contributed by atoms with Gasteiger partial charge in [0.25, 0.3) is 0 Å². The Morgan fingerprint density at radius 1 is 0.737 bits per heavy atom. The zero-order valence-electron chi connectivity index (χ0n) is 11.8. The molecule has 0 aliphatic heterocycles. The lowest BCUT2D eigenvalue weighted by Gasteiger charge is -2.05. The topological polar surface area (TPSA) is 40.5 Å². The molecule has 0 fully saturated rings. The van der Waals surface area contributed by atoms with Crippen LogP contribution in [0.15, 0.2) is 42.5 Å². The van der Waals surface area contributed by atoms with Gasteiger partial charge < -0.3 is 0 Å². The first-order valence-electron chi connectivity index (χ1n) is 6.20. The second-order valence-corrected chi connectivity index (χ2v) is 3.81. The normalized spacial score (nSPS) is 8.79. The van der Waals surface area contributed by atoms with Gasteiger partial charge in [0.1, 0.15) is 5.82 Å². The first kappa shape index (κ1) is 17.3. The standard InChI is InChI=1S/C14H13F.C2H6.H2O2/c1-10-3-4-13(9-11(10)2)12-5-7-14(15)8-6-12;2*1-2/h3-9H,1-2H3;1-2H3;1-2H. The third-order valence-electron chi connectivity index (χ3n) is 2.68. The molecule has 104 valence electrons. The molecule has 0 unspecified atom stereocenters. The number of halogens is 1. The van der Waals surface area contributed by atoms with Gasteiger partial charge in [0.2, 0.25) is 0 Å². The van der Waals surface area contributed by atoms with Crippen LogP contribution in [-0.2, 0) is 0 Å². The molecule has 2 aromatic rings. The summed E-state index contributed by atoms with van der Waals surface area (Å²) < 4.78 is 12.7. The van der Waals surface area contributed by atoms with Crippen molar-refractivity contribution in [3.05, 3.63) is 59.4 Å². The molecule has 2 rings (SSSR count). The van der Waals surface area contributed by atoms with Crippen molar-refractivity contribution in [1.29, 1.82) is 0 Å². The van der Waals surface area contributed by atoms with Crippen LogP contribution in [0.2, 0.25) is 0 Å². The molecule has 0 radical (unpaired) electrons. The van der Waals surface area contributed by atoms with Crippen molar-refractivity contribution in [1.82, 2.24) is 0 Å². The van der Waals surface area contributed by atoms with E-state index < -0.39 is 0 Å². The Balaban J connectivity index is 0.000000741. The van der Waals surface area contributed by atoms with E-state index in [-0.39, 0.29) is 5.82 Å². The minimum atomic E-state index is -0.192. The molecule has 2 N–H and O–H groups in total. The van der Waals surface area contributed by atoms with E-state index in [1.807, 2.05) is 13.8 Å². The molecule has 0 spiro atoms. The summed E-state index contributed by atoms with van der Waals surface area (Å²) in [5.41, 5.74) is 4.73. The Labute approximate surface area is 114 Å². The zero-order valence-corrected chi connectivity index (χ0v) is 11.8. The average molecular weight is 264 g/mol. The van der Waals surface area contributed by atoms with Crippen LogP contribution in [0.3, 0.4) is 0 Å². The number of rotatable bonds is 1. The summed E-state index contributed by atoms with van der Waals surface area (Å²) in [6, 6.07) is 12.9. The molecule has 0 aliphatic carbocycles. The monoisotopic (exact) mass is 264 g/mol. The Hall–Kier alpha value is -1.71. The van der Waals surface area contributed by atoms with Gasteiger partial charge in [-0.3, -0.25) is 10.5 Å². The van der Waals surface area contributed by atoms with Crippen LogP contribution >= 0.6 is 0 Å². The second kappa shape index (κ2) is 9.25. The van der Waals surface area contributed by atoms with E-state index in [0.717, 1.165) is 11.1 Å². The van der Waals surface area contributed by atoms with Crippen LogP contribution in [0.1, 0.15) is 25.0 Å². The number of benzene rings is 2. The third-order valence-corrected chi connectivity index (χ3v) is 2.68. The molecule has 0 amide bonds. The lowest BCUT2D eigenvalue weighted by Crippen LogP contribution is -1.83. The minimum Gasteiger partial charge on any atom is -0.255 e. The van der Waals surface area contributed by atoms with Gasteiger partial charge in [-0.1, -0.05) is 44.2 Å². The SMILES string of the molecule is CC.Cc1ccc(-c2ccc(F)cc2)cc1C.OO. The summed E-state index contributed by atoms with van der Waals surface area (Å²) in [7, 11) is 0. The number of aryl methyl sites for hydroxylation is 2. The fourth-order valence-corrected chi connectivity index (χ4v) is 1.56. The van der Waals surface area contributed by atoms with Crippen LogP contribution < -0.4 is 0 Å². The molecule has 0 bridgehead atoms. The molecule has 3 heteroatoms. The van der Waals surface area contributed by atoms with Crippen LogP contribution in [0.4, 0.5) is 4.39 Å². The van der Waals surface area contributed by atoms with Crippen molar-refractivity contribution in [3.8, 4) is 11.1 Å². The largest absolute Gasteiger partial charge is 0.255 e. The number of hydrogen-bond acceptors (Lipinski definition) is 2. The maximum atomic E-state index is 12.7. The Morgan fingerprint density at radius 3 is 1.68 bits per heavy atom. The highest BCUT2D eigenvalue weighted by atomic mass is 19.1. The molecule has 19 heavy (non-hydrogen) atoms. The quantitative estimate of drug-likeness (QED) is 0.552. The molecule has 0 saturated heterocycles. The van der Waals surface area contributed by atoms with Crippen molar-refractivity contribution in [2.45, 2.75) is 27.7 Å². The van der Waals surface area contributed by atoms with E-state index in [1.54, 1.807) is 12.1 Å². The lowest BCUT2D eigenvalue weighted by molar-refractivity contribution is -0.176. The summed E-state index contributed by atoms with van der Waals surface area (Å²) in [5, 5.41) is 12.0. The molecule has 2 aromatic carbocycles. The lowest BCUT2D eigenvalue weighted by atomic mass is 10.0. The molecular formula is C16H21FO2. The van der Waals surface area contributed by atoms with Crippen molar-refractivity contribution >= 4 is 0 Å². The van der Waals surface area contributed by atoms with E-state index >= 15 is 0 Å². The molecule has 0 heterocycles. The number of hydrogen-bond donors (Lipinski definition) is 2. The first-order chi connectivity index (χ1) is 9.16. The summed E-state index contributed by atoms with van der Waals surface area (Å²) in [5.74, 6) is -0.192. The molecule has 0 aromatic heterocycles. The summed E-state index contributed by atoms with van der Waals surface area (Å²) in [4.78, 5) is 0. The highest BCUT2D eigenvalue weighted by molar-refractivity contribution is 5.64. The fraction of sp³-hybridized carbons (Fsp3) is 0.250. The highest BCUT2D eigenvalue weighted by Gasteiger charge is 1.99. The van der Waals surface area contributed by atoms with Gasteiger partial charge in [-0.15, -0.1) is 0 Å². The maximum Gasteiger partial charge on any atom is 0.123 e. The van der Waals surface area contributed by atoms with Gasteiger partial charge in [0.15, 0.2) is 0 Å². The van der Waals surface area contributed by atoms with Gasteiger partial charge in [0.05, 0.1) is 0 Å². The Bertz CT molecular complexity index is 479. The van der Waals surface area contributed by atoms with Crippen molar-refractivity contribution in [3.63, 3.8) is 0 Å². The van der Waals surface area contributed by atoms with Crippen LogP contribution in [0, 0.1) is 19.7 Å². The zero-order chi connectivity index (χ0) is 14.8. The fourth-order valence-electron chi connectivity index (χ4n) is 1.56. The Morgan fingerprint density at radius 2 is 1.21 bits per heavy atom. The van der Waals surface area contributed by atoms with Crippen LogP contribution in [0.25, 0.3) is 11.1 Å². The first-order valence-corrected chi connectivity index (χ1v) is 6.20. The van der Waals surface area contributed by atoms with Crippen molar-refractivity contribution in [2.75, 3.05) is 0 Å². The minimum absolute atomic E-state index is 0.192. The molecule has 0 atom stereocenters. The van der Waals surface area contributed by atoms with Crippen molar-refractivity contribution in [2.24, 2.45) is 0 Å². The van der Waals surface area contributed by atoms with Crippen molar-refractivity contribution < 1.29 is 14.9 Å². The van der Waals surface area contributed by atoms with Gasteiger partial charge in [0, 0.05) is 0 Å². The molecule has 0 aliphatic rings. The van der Waals surface area contributed by atoms with Gasteiger partial charge in [-0.2, -0.15) is 0 Å². The van der Waals surface area contributed by atoms with Gasteiger partial charge >= 0.3 is 0 Å². The summed E-state index contributed by atoms with van der Waals surface area (Å²) in [6.45, 7) is 8.17. The highest BCUT2D eigenvalue weighted by Crippen LogP contribution is 2.22. The third kappa shape index (κ3) is 5.20. The second-order valence-electron chi connectivity index (χ2n) is 3.81. The molecular weight excluding hydrogens is 243 g/mol. The van der Waals surface area contributed by atoms with E-state index in [0.29, 0.717) is 0 Å². The van der Waals surface area contributed by atoms with E-state index in [2.05, 4.69) is 32.0 Å². The van der Waals surface area contributed by atoms with E-state index in [4.69, 9.17) is 10.5 Å². The van der Waals surface area contributed by atoms with Gasteiger partial charge in [-0.25, -0.2) is 4.39 Å².